The Morgan fingerprint density at radius 2 is 1.84 bits per heavy atom. The predicted octanol–water partition coefficient (Wildman–Crippen LogP) is 2.36. The van der Waals surface area contributed by atoms with Gasteiger partial charge in [-0.05, 0) is 43.5 Å². The van der Waals surface area contributed by atoms with Gasteiger partial charge in [0.15, 0.2) is 0 Å². The highest BCUT2D eigenvalue weighted by atomic mass is 16.4. The number of aromatic nitrogens is 2. The summed E-state index contributed by atoms with van der Waals surface area (Å²) in [5.41, 5.74) is 1.54. The molecule has 5 heteroatoms. The van der Waals surface area contributed by atoms with Gasteiger partial charge in [-0.3, -0.25) is 4.79 Å². The van der Waals surface area contributed by atoms with Crippen LogP contribution in [0.3, 0.4) is 0 Å². The Bertz CT molecular complexity index is 543. The van der Waals surface area contributed by atoms with Crippen molar-refractivity contribution < 1.29 is 9.21 Å². The van der Waals surface area contributed by atoms with E-state index in [1.165, 1.54) is 12.8 Å². The second-order valence-electron chi connectivity index (χ2n) is 4.67. The normalized spacial score (nSPS) is 15.5. The second kappa shape index (κ2) is 5.22. The predicted molar refractivity (Wildman–Crippen MR) is 69.5 cm³/mol. The van der Waals surface area contributed by atoms with Crippen LogP contribution in [0.15, 0.2) is 35.1 Å². The number of likely N-dealkylation sites (tertiary alicyclic amines) is 1. The molecular weight excluding hydrogens is 242 g/mol. The van der Waals surface area contributed by atoms with Crippen molar-refractivity contribution in [3.8, 4) is 11.5 Å². The molecule has 0 atom stereocenters. The Kier molecular flexibility index (Phi) is 3.27. The minimum Gasteiger partial charge on any atom is -0.423 e. The molecule has 1 saturated heterocycles. The number of piperidine rings is 1. The molecule has 0 bridgehead atoms. The van der Waals surface area contributed by atoms with E-state index < -0.39 is 0 Å². The molecule has 0 radical (unpaired) electrons. The Hall–Kier alpha value is -2.17. The lowest BCUT2D eigenvalue weighted by Crippen LogP contribution is -2.35. The second-order valence-corrected chi connectivity index (χ2v) is 4.67. The summed E-state index contributed by atoms with van der Waals surface area (Å²) in [7, 11) is 0. The molecule has 2 aromatic rings. The molecule has 0 spiro atoms. The molecule has 0 unspecified atom stereocenters. The van der Waals surface area contributed by atoms with E-state index in [1.807, 2.05) is 29.2 Å². The lowest BCUT2D eigenvalue weighted by Gasteiger charge is -2.26. The van der Waals surface area contributed by atoms with E-state index in [4.69, 9.17) is 4.42 Å². The summed E-state index contributed by atoms with van der Waals surface area (Å²) in [6.45, 7) is 1.73. The number of carbonyl (C=O) groups is 1. The maximum atomic E-state index is 12.3. The van der Waals surface area contributed by atoms with E-state index in [2.05, 4.69) is 10.2 Å². The van der Waals surface area contributed by atoms with Gasteiger partial charge in [0.2, 0.25) is 12.3 Å². The van der Waals surface area contributed by atoms with Gasteiger partial charge in [0.25, 0.3) is 5.91 Å². The minimum atomic E-state index is 0.108. The van der Waals surface area contributed by atoms with Crippen molar-refractivity contribution >= 4 is 5.91 Å². The molecule has 1 aliphatic rings. The summed E-state index contributed by atoms with van der Waals surface area (Å²) in [5, 5.41) is 7.48. The number of carbonyl (C=O) groups excluding carboxylic acids is 1. The average molecular weight is 257 g/mol. The summed E-state index contributed by atoms with van der Waals surface area (Å²) >= 11 is 0. The van der Waals surface area contributed by atoms with Crippen LogP contribution in [0.1, 0.15) is 29.6 Å². The molecule has 0 aliphatic carbocycles. The van der Waals surface area contributed by atoms with Crippen LogP contribution in [-0.4, -0.2) is 34.1 Å². The third kappa shape index (κ3) is 2.50. The summed E-state index contributed by atoms with van der Waals surface area (Å²) in [5.74, 6) is 0.578. The molecular formula is C14H15N3O2. The molecule has 0 N–H and O–H groups in total. The van der Waals surface area contributed by atoms with Crippen LogP contribution >= 0.6 is 0 Å². The molecule has 3 rings (SSSR count). The molecule has 1 aromatic carbocycles. The number of hydrogen-bond donors (Lipinski definition) is 0. The molecule has 1 aromatic heterocycles. The van der Waals surface area contributed by atoms with Crippen molar-refractivity contribution in [2.24, 2.45) is 0 Å². The molecule has 5 nitrogen and oxygen atoms in total. The Morgan fingerprint density at radius 1 is 1.11 bits per heavy atom. The van der Waals surface area contributed by atoms with Crippen LogP contribution in [-0.2, 0) is 0 Å². The number of benzene rings is 1. The molecule has 98 valence electrons. The van der Waals surface area contributed by atoms with Gasteiger partial charge in [0.1, 0.15) is 0 Å². The van der Waals surface area contributed by atoms with E-state index in [0.29, 0.717) is 11.5 Å². The quantitative estimate of drug-likeness (QED) is 0.828. The number of rotatable bonds is 2. The highest BCUT2D eigenvalue weighted by Gasteiger charge is 2.18. The van der Waals surface area contributed by atoms with Crippen molar-refractivity contribution in [3.63, 3.8) is 0 Å². The first kappa shape index (κ1) is 11.9. The molecule has 19 heavy (non-hydrogen) atoms. The standard InChI is InChI=1S/C14H15N3O2/c18-14(17-8-2-1-3-9-17)12-6-4-11(5-7-12)13-16-15-10-19-13/h4-7,10H,1-3,8-9H2. The van der Waals surface area contributed by atoms with E-state index in [1.54, 1.807) is 0 Å². The van der Waals surface area contributed by atoms with Gasteiger partial charge in [-0.25, -0.2) is 0 Å². The van der Waals surface area contributed by atoms with Crippen molar-refractivity contribution in [1.82, 2.24) is 15.1 Å². The van der Waals surface area contributed by atoms with Crippen molar-refractivity contribution in [2.45, 2.75) is 19.3 Å². The highest BCUT2D eigenvalue weighted by Crippen LogP contribution is 2.18. The lowest BCUT2D eigenvalue weighted by molar-refractivity contribution is 0.0724. The van der Waals surface area contributed by atoms with Crippen molar-refractivity contribution in [2.75, 3.05) is 13.1 Å². The van der Waals surface area contributed by atoms with E-state index in [9.17, 15) is 4.79 Å². The van der Waals surface area contributed by atoms with Gasteiger partial charge in [0, 0.05) is 24.2 Å². The lowest BCUT2D eigenvalue weighted by atomic mass is 10.1. The largest absolute Gasteiger partial charge is 0.423 e. The average Bonchev–Trinajstić information content (AvgIpc) is 3.02. The molecule has 1 fully saturated rings. The Labute approximate surface area is 111 Å². The van der Waals surface area contributed by atoms with Gasteiger partial charge in [-0.2, -0.15) is 0 Å². The van der Waals surface area contributed by atoms with E-state index in [0.717, 1.165) is 31.5 Å². The number of hydrogen-bond acceptors (Lipinski definition) is 4. The van der Waals surface area contributed by atoms with Crippen LogP contribution in [0.25, 0.3) is 11.5 Å². The SMILES string of the molecule is O=C(c1ccc(-c2nnco2)cc1)N1CCCCC1. The molecule has 1 amide bonds. The van der Waals surface area contributed by atoms with Crippen LogP contribution in [0.4, 0.5) is 0 Å². The topological polar surface area (TPSA) is 59.2 Å². The monoisotopic (exact) mass is 257 g/mol. The summed E-state index contributed by atoms with van der Waals surface area (Å²) in [4.78, 5) is 14.2. The van der Waals surface area contributed by atoms with Crippen molar-refractivity contribution in [3.05, 3.63) is 36.2 Å². The molecule has 2 heterocycles. The number of nitrogens with zero attached hydrogens (tertiary/aromatic N) is 3. The number of amides is 1. The maximum absolute atomic E-state index is 12.3. The molecule has 1 aliphatic heterocycles. The van der Waals surface area contributed by atoms with E-state index >= 15 is 0 Å². The van der Waals surface area contributed by atoms with Gasteiger partial charge in [0.05, 0.1) is 0 Å². The first-order chi connectivity index (χ1) is 9.34. The fraction of sp³-hybridized carbons (Fsp3) is 0.357. The van der Waals surface area contributed by atoms with Crippen molar-refractivity contribution in [1.29, 1.82) is 0 Å². The minimum absolute atomic E-state index is 0.108. The summed E-state index contributed by atoms with van der Waals surface area (Å²) in [6, 6.07) is 7.31. The third-order valence-corrected chi connectivity index (χ3v) is 3.38. The smallest absolute Gasteiger partial charge is 0.253 e. The summed E-state index contributed by atoms with van der Waals surface area (Å²) in [6.07, 6.45) is 4.72. The fourth-order valence-corrected chi connectivity index (χ4v) is 2.33. The van der Waals surface area contributed by atoms with Crippen LogP contribution < -0.4 is 0 Å². The highest BCUT2D eigenvalue weighted by molar-refractivity contribution is 5.94. The van der Waals surface area contributed by atoms with Gasteiger partial charge < -0.3 is 9.32 Å². The molecule has 0 saturated carbocycles. The van der Waals surface area contributed by atoms with Crippen LogP contribution in [0.5, 0.6) is 0 Å². The van der Waals surface area contributed by atoms with Gasteiger partial charge in [-0.1, -0.05) is 0 Å². The summed E-state index contributed by atoms with van der Waals surface area (Å²) < 4.78 is 5.12. The zero-order valence-corrected chi connectivity index (χ0v) is 10.6. The Balaban J connectivity index is 1.76. The first-order valence-corrected chi connectivity index (χ1v) is 6.50. The third-order valence-electron chi connectivity index (χ3n) is 3.38. The first-order valence-electron chi connectivity index (χ1n) is 6.50. The van der Waals surface area contributed by atoms with E-state index in [-0.39, 0.29) is 5.91 Å². The van der Waals surface area contributed by atoms with Crippen LogP contribution in [0.2, 0.25) is 0 Å². The Morgan fingerprint density at radius 3 is 2.47 bits per heavy atom. The zero-order valence-electron chi connectivity index (χ0n) is 10.6. The van der Waals surface area contributed by atoms with Gasteiger partial charge in [-0.15, -0.1) is 10.2 Å². The van der Waals surface area contributed by atoms with Gasteiger partial charge >= 0.3 is 0 Å². The zero-order chi connectivity index (χ0) is 13.1. The van der Waals surface area contributed by atoms with Crippen LogP contribution in [0, 0.1) is 0 Å². The fourth-order valence-electron chi connectivity index (χ4n) is 2.33. The maximum Gasteiger partial charge on any atom is 0.253 e.